The lowest BCUT2D eigenvalue weighted by molar-refractivity contribution is 0.475. The maximum absolute atomic E-state index is 9.06. The average Bonchev–Trinajstić information content (AvgIpc) is 2.62. The van der Waals surface area contributed by atoms with Gasteiger partial charge in [-0.15, -0.1) is 0 Å². The van der Waals surface area contributed by atoms with Crippen LogP contribution in [0.1, 0.15) is 11.4 Å². The number of H-pyrrole nitrogens is 1. The molecule has 0 saturated carbocycles. The smallest absolute Gasteiger partial charge is 0.115 e. The lowest BCUT2D eigenvalue weighted by Crippen LogP contribution is -1.89. The molecule has 0 aliphatic carbocycles. The number of hydrogen-bond acceptors (Lipinski definition) is 2. The van der Waals surface area contributed by atoms with Crippen molar-refractivity contribution in [2.45, 2.75) is 6.42 Å². The molecule has 0 fully saturated rings. The van der Waals surface area contributed by atoms with Crippen LogP contribution >= 0.6 is 0 Å². The van der Waals surface area contributed by atoms with Crippen molar-refractivity contribution in [3.05, 3.63) is 48.0 Å². The molecule has 2 N–H and O–H groups in total. The molecule has 0 unspecified atom stereocenters. The molecule has 3 nitrogen and oxygen atoms in total. The summed E-state index contributed by atoms with van der Waals surface area (Å²) in [6.45, 7) is 0. The first-order valence-corrected chi connectivity index (χ1v) is 4.11. The fourth-order valence-corrected chi connectivity index (χ4v) is 1.20. The predicted molar refractivity (Wildman–Crippen MR) is 49.5 cm³/mol. The van der Waals surface area contributed by atoms with E-state index in [1.165, 1.54) is 0 Å². The molecule has 2 aromatic rings. The largest absolute Gasteiger partial charge is 0.508 e. The number of imidazole rings is 1. The minimum absolute atomic E-state index is 0.295. The summed E-state index contributed by atoms with van der Waals surface area (Å²) in [6.07, 6.45) is 4.30. The highest BCUT2D eigenvalue weighted by Crippen LogP contribution is 2.11. The van der Waals surface area contributed by atoms with Crippen molar-refractivity contribution in [3.8, 4) is 5.75 Å². The zero-order chi connectivity index (χ0) is 9.10. The molecule has 0 aliphatic rings. The summed E-state index contributed by atoms with van der Waals surface area (Å²) in [7, 11) is 0. The van der Waals surface area contributed by atoms with Crippen molar-refractivity contribution in [2.75, 3.05) is 0 Å². The maximum Gasteiger partial charge on any atom is 0.115 e. The van der Waals surface area contributed by atoms with Crippen molar-refractivity contribution >= 4 is 0 Å². The highest BCUT2D eigenvalue weighted by molar-refractivity contribution is 5.27. The summed E-state index contributed by atoms with van der Waals surface area (Å²) in [5.41, 5.74) is 1.13. The number of nitrogens with one attached hydrogen (secondary N) is 1. The Morgan fingerprint density at radius 3 is 2.62 bits per heavy atom. The predicted octanol–water partition coefficient (Wildman–Crippen LogP) is 1.71. The van der Waals surface area contributed by atoms with Crippen LogP contribution in [0.3, 0.4) is 0 Å². The lowest BCUT2D eigenvalue weighted by atomic mass is 10.1. The molecule has 13 heavy (non-hydrogen) atoms. The minimum Gasteiger partial charge on any atom is -0.508 e. The van der Waals surface area contributed by atoms with Crippen LogP contribution in [0.5, 0.6) is 5.75 Å². The summed E-state index contributed by atoms with van der Waals surface area (Å²) in [4.78, 5) is 7.14. The van der Waals surface area contributed by atoms with E-state index in [0.29, 0.717) is 5.75 Å². The van der Waals surface area contributed by atoms with Crippen LogP contribution in [0, 0.1) is 0 Å². The molecule has 3 heteroatoms. The van der Waals surface area contributed by atoms with Gasteiger partial charge in [-0.3, -0.25) is 0 Å². The van der Waals surface area contributed by atoms with E-state index in [4.69, 9.17) is 5.11 Å². The standard InChI is InChI=1S/C10H10N2O/c13-9-3-1-8(2-4-9)7-10-11-5-6-12-10/h1-6,13H,7H2,(H,11,12). The van der Waals surface area contributed by atoms with E-state index in [1.807, 2.05) is 12.1 Å². The fourth-order valence-electron chi connectivity index (χ4n) is 1.20. The van der Waals surface area contributed by atoms with Gasteiger partial charge in [0, 0.05) is 18.8 Å². The van der Waals surface area contributed by atoms with Gasteiger partial charge in [0.1, 0.15) is 11.6 Å². The zero-order valence-electron chi connectivity index (χ0n) is 7.07. The van der Waals surface area contributed by atoms with Crippen molar-refractivity contribution in [1.82, 2.24) is 9.97 Å². The Hall–Kier alpha value is -1.77. The molecule has 1 aromatic heterocycles. The Morgan fingerprint density at radius 1 is 1.23 bits per heavy atom. The Kier molecular flexibility index (Phi) is 2.00. The number of rotatable bonds is 2. The molecule has 0 radical (unpaired) electrons. The van der Waals surface area contributed by atoms with Gasteiger partial charge in [0.25, 0.3) is 0 Å². The van der Waals surface area contributed by atoms with Crippen LogP contribution in [0.25, 0.3) is 0 Å². The van der Waals surface area contributed by atoms with E-state index < -0.39 is 0 Å². The van der Waals surface area contributed by atoms with Gasteiger partial charge in [-0.1, -0.05) is 12.1 Å². The molecular formula is C10H10N2O. The third-order valence-corrected chi connectivity index (χ3v) is 1.86. The van der Waals surface area contributed by atoms with E-state index in [-0.39, 0.29) is 0 Å². The van der Waals surface area contributed by atoms with E-state index in [2.05, 4.69) is 9.97 Å². The van der Waals surface area contributed by atoms with Crippen LogP contribution in [0.15, 0.2) is 36.7 Å². The van der Waals surface area contributed by atoms with Gasteiger partial charge in [-0.2, -0.15) is 0 Å². The Morgan fingerprint density at radius 2 is 2.00 bits per heavy atom. The van der Waals surface area contributed by atoms with Crippen LogP contribution in [0.2, 0.25) is 0 Å². The number of phenolic OH excluding ortho intramolecular Hbond substituents is 1. The summed E-state index contributed by atoms with van der Waals surface area (Å²) in [5.74, 6) is 1.23. The summed E-state index contributed by atoms with van der Waals surface area (Å²) in [6, 6.07) is 7.13. The van der Waals surface area contributed by atoms with Crippen molar-refractivity contribution < 1.29 is 5.11 Å². The summed E-state index contributed by atoms with van der Waals surface area (Å²) in [5, 5.41) is 9.06. The monoisotopic (exact) mass is 174 g/mol. The first kappa shape index (κ1) is 7.86. The molecule has 0 bridgehead atoms. The second-order valence-electron chi connectivity index (χ2n) is 2.88. The summed E-state index contributed by atoms with van der Waals surface area (Å²) < 4.78 is 0. The highest BCUT2D eigenvalue weighted by atomic mass is 16.3. The van der Waals surface area contributed by atoms with Crippen LogP contribution < -0.4 is 0 Å². The van der Waals surface area contributed by atoms with Crippen molar-refractivity contribution in [3.63, 3.8) is 0 Å². The zero-order valence-corrected chi connectivity index (χ0v) is 7.07. The SMILES string of the molecule is Oc1ccc(Cc2ncc[nH]2)cc1. The van der Waals surface area contributed by atoms with Crippen LogP contribution in [-0.4, -0.2) is 15.1 Å². The Bertz CT molecular complexity index is 364. The molecule has 0 spiro atoms. The van der Waals surface area contributed by atoms with E-state index >= 15 is 0 Å². The quantitative estimate of drug-likeness (QED) is 0.728. The van der Waals surface area contributed by atoms with Gasteiger partial charge in [-0.05, 0) is 17.7 Å². The molecule has 0 saturated heterocycles. The number of aromatic amines is 1. The van der Waals surface area contributed by atoms with E-state index in [0.717, 1.165) is 17.8 Å². The van der Waals surface area contributed by atoms with Gasteiger partial charge in [-0.25, -0.2) is 4.98 Å². The van der Waals surface area contributed by atoms with E-state index in [9.17, 15) is 0 Å². The first-order valence-electron chi connectivity index (χ1n) is 4.11. The Balaban J connectivity index is 2.15. The number of hydrogen-bond donors (Lipinski definition) is 2. The minimum atomic E-state index is 0.295. The topological polar surface area (TPSA) is 48.9 Å². The van der Waals surface area contributed by atoms with Crippen molar-refractivity contribution in [1.29, 1.82) is 0 Å². The summed E-state index contributed by atoms with van der Waals surface area (Å²) >= 11 is 0. The Labute approximate surface area is 76.1 Å². The molecule has 66 valence electrons. The molecule has 0 amide bonds. The highest BCUT2D eigenvalue weighted by Gasteiger charge is 1.97. The molecule has 1 heterocycles. The van der Waals surface area contributed by atoms with Gasteiger partial charge >= 0.3 is 0 Å². The second-order valence-corrected chi connectivity index (χ2v) is 2.88. The molecule has 2 rings (SSSR count). The third-order valence-electron chi connectivity index (χ3n) is 1.86. The van der Waals surface area contributed by atoms with Crippen molar-refractivity contribution in [2.24, 2.45) is 0 Å². The maximum atomic E-state index is 9.06. The number of phenols is 1. The molecule has 0 aliphatic heterocycles. The molecule has 0 atom stereocenters. The molecule has 1 aromatic carbocycles. The molecular weight excluding hydrogens is 164 g/mol. The lowest BCUT2D eigenvalue weighted by Gasteiger charge is -1.97. The van der Waals surface area contributed by atoms with Gasteiger partial charge in [0.15, 0.2) is 0 Å². The average molecular weight is 174 g/mol. The number of aromatic hydroxyl groups is 1. The second kappa shape index (κ2) is 3.31. The number of benzene rings is 1. The number of nitrogens with zero attached hydrogens (tertiary/aromatic N) is 1. The fraction of sp³-hybridized carbons (Fsp3) is 0.100. The number of aromatic nitrogens is 2. The third kappa shape index (κ3) is 1.87. The van der Waals surface area contributed by atoms with Gasteiger partial charge < -0.3 is 10.1 Å². The van der Waals surface area contributed by atoms with Gasteiger partial charge in [0.05, 0.1) is 0 Å². The van der Waals surface area contributed by atoms with Crippen LogP contribution in [0.4, 0.5) is 0 Å². The first-order chi connectivity index (χ1) is 6.34. The van der Waals surface area contributed by atoms with E-state index in [1.54, 1.807) is 24.5 Å². The van der Waals surface area contributed by atoms with Crippen LogP contribution in [-0.2, 0) is 6.42 Å². The van der Waals surface area contributed by atoms with Gasteiger partial charge in [0.2, 0.25) is 0 Å². The normalized spacial score (nSPS) is 10.2.